The van der Waals surface area contributed by atoms with E-state index < -0.39 is 5.97 Å². The maximum atomic E-state index is 10.9. The number of hydrogen-bond acceptors (Lipinski definition) is 5. The van der Waals surface area contributed by atoms with E-state index in [0.29, 0.717) is 0 Å². The molecule has 0 aliphatic rings. The highest BCUT2D eigenvalue weighted by Gasteiger charge is 2.14. The first-order chi connectivity index (χ1) is 5.15. The maximum Gasteiger partial charge on any atom is 0.351 e. The lowest BCUT2D eigenvalue weighted by Crippen LogP contribution is -2.01. The van der Waals surface area contributed by atoms with Gasteiger partial charge in [0.1, 0.15) is 0 Å². The molecule has 0 amide bonds. The molecule has 1 heterocycles. The number of carbonyl (C=O) groups is 1. The lowest BCUT2D eigenvalue weighted by atomic mass is 10.5. The van der Waals surface area contributed by atoms with Crippen LogP contribution in [0.1, 0.15) is 9.67 Å². The molecule has 60 valence electrons. The van der Waals surface area contributed by atoms with E-state index >= 15 is 0 Å². The van der Waals surface area contributed by atoms with Gasteiger partial charge in [0.05, 0.1) is 7.11 Å². The van der Waals surface area contributed by atoms with Crippen LogP contribution < -0.4 is 5.73 Å². The highest BCUT2D eigenvalue weighted by Crippen LogP contribution is 2.24. The molecule has 11 heavy (non-hydrogen) atoms. The molecule has 0 bridgehead atoms. The zero-order valence-corrected chi connectivity index (χ0v) is 7.20. The molecular formula is C5H5ClN2O2S. The summed E-state index contributed by atoms with van der Waals surface area (Å²) in [7, 11) is 1.27. The van der Waals surface area contributed by atoms with E-state index in [9.17, 15) is 4.79 Å². The highest BCUT2D eigenvalue weighted by atomic mass is 35.5. The van der Waals surface area contributed by atoms with E-state index in [4.69, 9.17) is 17.3 Å². The van der Waals surface area contributed by atoms with Crippen LogP contribution in [0.15, 0.2) is 0 Å². The van der Waals surface area contributed by atoms with Gasteiger partial charge < -0.3 is 10.5 Å². The van der Waals surface area contributed by atoms with Gasteiger partial charge in [-0.05, 0) is 0 Å². The molecule has 0 aromatic carbocycles. The van der Waals surface area contributed by atoms with Crippen molar-refractivity contribution in [3.8, 4) is 0 Å². The van der Waals surface area contributed by atoms with E-state index in [2.05, 4.69) is 9.72 Å². The molecule has 0 saturated carbocycles. The van der Waals surface area contributed by atoms with Crippen molar-refractivity contribution >= 4 is 34.7 Å². The lowest BCUT2D eigenvalue weighted by molar-refractivity contribution is 0.0607. The minimum Gasteiger partial charge on any atom is -0.465 e. The zero-order valence-electron chi connectivity index (χ0n) is 5.63. The first-order valence-electron chi connectivity index (χ1n) is 2.65. The van der Waals surface area contributed by atoms with Crippen LogP contribution in [-0.4, -0.2) is 18.1 Å². The minimum atomic E-state index is -0.508. The molecule has 6 heteroatoms. The van der Waals surface area contributed by atoms with E-state index in [1.807, 2.05) is 0 Å². The number of nitrogen functional groups attached to an aromatic ring is 1. The zero-order chi connectivity index (χ0) is 8.43. The number of nitrogens with zero attached hydrogens (tertiary/aromatic N) is 1. The number of aromatic nitrogens is 1. The normalized spacial score (nSPS) is 9.64. The van der Waals surface area contributed by atoms with Crippen LogP contribution in [0.4, 0.5) is 5.82 Å². The number of rotatable bonds is 1. The van der Waals surface area contributed by atoms with Crippen LogP contribution in [0.2, 0.25) is 4.47 Å². The summed E-state index contributed by atoms with van der Waals surface area (Å²) in [6.07, 6.45) is 0. The third-order valence-corrected chi connectivity index (χ3v) is 2.15. The summed E-state index contributed by atoms with van der Waals surface area (Å²) in [5, 5.41) is 0. The molecular weight excluding hydrogens is 188 g/mol. The summed E-state index contributed by atoms with van der Waals surface area (Å²) in [6, 6.07) is 0. The van der Waals surface area contributed by atoms with Crippen molar-refractivity contribution in [3.63, 3.8) is 0 Å². The minimum absolute atomic E-state index is 0.117. The van der Waals surface area contributed by atoms with Crippen molar-refractivity contribution < 1.29 is 9.53 Å². The average Bonchev–Trinajstić information content (AvgIpc) is 2.28. The molecule has 1 aromatic heterocycles. The second-order valence-corrected chi connectivity index (χ2v) is 3.25. The summed E-state index contributed by atoms with van der Waals surface area (Å²) < 4.78 is 4.66. The summed E-state index contributed by atoms with van der Waals surface area (Å²) in [4.78, 5) is 14.7. The number of ether oxygens (including phenoxy) is 1. The number of halogens is 1. The Morgan fingerprint density at radius 2 is 2.45 bits per heavy atom. The van der Waals surface area contributed by atoms with Crippen molar-refractivity contribution in [2.75, 3.05) is 12.8 Å². The SMILES string of the molecule is COC(=O)c1sc(Cl)nc1N. The van der Waals surface area contributed by atoms with E-state index in [-0.39, 0.29) is 15.2 Å². The molecule has 1 aromatic rings. The smallest absolute Gasteiger partial charge is 0.351 e. The number of anilines is 1. The molecule has 1 rings (SSSR count). The number of thiazole rings is 1. The average molecular weight is 193 g/mol. The molecule has 0 saturated heterocycles. The van der Waals surface area contributed by atoms with E-state index in [0.717, 1.165) is 11.3 Å². The lowest BCUT2D eigenvalue weighted by Gasteiger charge is -1.92. The Bertz CT molecular complexity index is 286. The molecule has 0 unspecified atom stereocenters. The Kier molecular flexibility index (Phi) is 2.31. The van der Waals surface area contributed by atoms with Crippen LogP contribution in [-0.2, 0) is 4.74 Å². The van der Waals surface area contributed by atoms with Crippen molar-refractivity contribution in [2.45, 2.75) is 0 Å². The number of hydrogen-bond donors (Lipinski definition) is 1. The number of nitrogens with two attached hydrogens (primary N) is 1. The van der Waals surface area contributed by atoms with Gasteiger partial charge in [-0.25, -0.2) is 9.78 Å². The second kappa shape index (κ2) is 3.06. The molecule has 0 spiro atoms. The van der Waals surface area contributed by atoms with Crippen molar-refractivity contribution in [2.24, 2.45) is 0 Å². The fourth-order valence-electron chi connectivity index (χ4n) is 0.544. The molecule has 0 fully saturated rings. The Labute approximate surface area is 71.9 Å². The Morgan fingerprint density at radius 3 is 2.82 bits per heavy atom. The van der Waals surface area contributed by atoms with Gasteiger partial charge in [0.15, 0.2) is 15.2 Å². The van der Waals surface area contributed by atoms with Crippen LogP contribution in [0, 0.1) is 0 Å². The topological polar surface area (TPSA) is 65.2 Å². The summed E-state index contributed by atoms with van der Waals surface area (Å²) in [5.74, 6) is -0.390. The quantitative estimate of drug-likeness (QED) is 0.679. The van der Waals surface area contributed by atoms with Crippen LogP contribution in [0.3, 0.4) is 0 Å². The van der Waals surface area contributed by atoms with Crippen LogP contribution in [0.25, 0.3) is 0 Å². The summed E-state index contributed by atoms with van der Waals surface area (Å²) in [5.41, 5.74) is 5.33. The van der Waals surface area contributed by atoms with Gasteiger partial charge in [0, 0.05) is 0 Å². The van der Waals surface area contributed by atoms with Crippen LogP contribution >= 0.6 is 22.9 Å². The first-order valence-corrected chi connectivity index (χ1v) is 3.84. The molecule has 0 aliphatic carbocycles. The molecule has 0 radical (unpaired) electrons. The van der Waals surface area contributed by atoms with E-state index in [1.54, 1.807) is 0 Å². The van der Waals surface area contributed by atoms with Crippen molar-refractivity contribution in [1.82, 2.24) is 4.98 Å². The van der Waals surface area contributed by atoms with Gasteiger partial charge in [0.25, 0.3) is 0 Å². The Morgan fingerprint density at radius 1 is 1.82 bits per heavy atom. The Hall–Kier alpha value is -0.810. The number of methoxy groups -OCH3 is 1. The second-order valence-electron chi connectivity index (χ2n) is 1.67. The third kappa shape index (κ3) is 1.61. The van der Waals surface area contributed by atoms with Gasteiger partial charge >= 0.3 is 5.97 Å². The maximum absolute atomic E-state index is 10.9. The fourth-order valence-corrected chi connectivity index (χ4v) is 1.50. The molecule has 2 N–H and O–H groups in total. The van der Waals surface area contributed by atoms with Gasteiger partial charge in [-0.1, -0.05) is 22.9 Å². The fraction of sp³-hybridized carbons (Fsp3) is 0.200. The van der Waals surface area contributed by atoms with Crippen LogP contribution in [0.5, 0.6) is 0 Å². The summed E-state index contributed by atoms with van der Waals surface area (Å²) in [6.45, 7) is 0. The predicted octanol–water partition coefficient (Wildman–Crippen LogP) is 1.17. The van der Waals surface area contributed by atoms with Crippen molar-refractivity contribution in [3.05, 3.63) is 9.34 Å². The molecule has 0 atom stereocenters. The molecule has 0 aliphatic heterocycles. The predicted molar refractivity (Wildman–Crippen MR) is 42.9 cm³/mol. The number of carbonyl (C=O) groups excluding carboxylic acids is 1. The largest absolute Gasteiger partial charge is 0.465 e. The van der Waals surface area contributed by atoms with Crippen molar-refractivity contribution in [1.29, 1.82) is 0 Å². The highest BCUT2D eigenvalue weighted by molar-refractivity contribution is 7.18. The van der Waals surface area contributed by atoms with Gasteiger partial charge in [-0.2, -0.15) is 0 Å². The van der Waals surface area contributed by atoms with E-state index in [1.165, 1.54) is 7.11 Å². The van der Waals surface area contributed by atoms with Gasteiger partial charge in [-0.15, -0.1) is 0 Å². The number of esters is 1. The molecule has 4 nitrogen and oxygen atoms in total. The summed E-state index contributed by atoms with van der Waals surface area (Å²) >= 11 is 6.49. The Balaban J connectivity index is 3.03. The first kappa shape index (κ1) is 8.29. The third-order valence-electron chi connectivity index (χ3n) is 0.998. The standard InChI is InChI=1S/C5H5ClN2O2S/c1-10-4(9)2-3(7)8-5(6)11-2/h7H2,1H3. The van der Waals surface area contributed by atoms with Gasteiger partial charge in [0.2, 0.25) is 0 Å². The van der Waals surface area contributed by atoms with Gasteiger partial charge in [-0.3, -0.25) is 0 Å². The monoisotopic (exact) mass is 192 g/mol.